The Morgan fingerprint density at radius 2 is 1.68 bits per heavy atom. The number of ketones is 1. The summed E-state index contributed by atoms with van der Waals surface area (Å²) in [4.78, 5) is 24.2. The molecule has 0 fully saturated rings. The second kappa shape index (κ2) is 9.02. The van der Waals surface area contributed by atoms with Gasteiger partial charge in [-0.15, -0.1) is 0 Å². The van der Waals surface area contributed by atoms with Gasteiger partial charge in [-0.05, 0) is 54.1 Å². The fraction of sp³-hybridized carbons (Fsp3) is 0.0435. The Labute approximate surface area is 168 Å². The van der Waals surface area contributed by atoms with Crippen LogP contribution in [0.5, 0.6) is 0 Å². The van der Waals surface area contributed by atoms with Crippen LogP contribution in [-0.2, 0) is 4.74 Å². The lowest BCUT2D eigenvalue weighted by Gasteiger charge is -2.11. The number of nitrogens with one attached hydrogen (secondary N) is 1. The Kier molecular flexibility index (Phi) is 6.25. The van der Waals surface area contributed by atoms with Crippen molar-refractivity contribution in [1.29, 1.82) is 0 Å². The minimum atomic E-state index is -0.399. The number of benzene rings is 3. The molecule has 5 heteroatoms. The lowest BCUT2D eigenvalue weighted by Crippen LogP contribution is -2.02. The summed E-state index contributed by atoms with van der Waals surface area (Å²) in [5.41, 5.74) is 3.26. The third-order valence-corrected chi connectivity index (χ3v) is 4.29. The van der Waals surface area contributed by atoms with E-state index in [0.29, 0.717) is 21.8 Å². The van der Waals surface area contributed by atoms with Crippen LogP contribution in [0.3, 0.4) is 0 Å². The van der Waals surface area contributed by atoms with E-state index in [1.165, 1.54) is 13.2 Å². The average molecular weight is 392 g/mol. The largest absolute Gasteiger partial charge is 0.465 e. The van der Waals surface area contributed by atoms with E-state index in [1.807, 2.05) is 30.3 Å². The van der Waals surface area contributed by atoms with Gasteiger partial charge in [0.1, 0.15) is 0 Å². The molecule has 0 aromatic heterocycles. The zero-order chi connectivity index (χ0) is 19.9. The van der Waals surface area contributed by atoms with Crippen molar-refractivity contribution in [2.45, 2.75) is 0 Å². The van der Waals surface area contributed by atoms with Crippen molar-refractivity contribution in [2.24, 2.45) is 0 Å². The SMILES string of the molecule is COC(=O)c1ccc(C=CC(=O)c2ccc(Cl)cc2Nc2ccccc2)cc1. The normalized spacial score (nSPS) is 10.6. The summed E-state index contributed by atoms with van der Waals surface area (Å²) >= 11 is 6.11. The number of para-hydroxylation sites is 1. The number of carbonyl (C=O) groups excluding carboxylic acids is 2. The van der Waals surface area contributed by atoms with Crippen LogP contribution in [0.4, 0.5) is 11.4 Å². The number of esters is 1. The molecule has 0 radical (unpaired) electrons. The predicted octanol–water partition coefficient (Wildman–Crippen LogP) is 5.77. The van der Waals surface area contributed by atoms with Crippen LogP contribution in [0.25, 0.3) is 6.08 Å². The number of hydrogen-bond donors (Lipinski definition) is 1. The van der Waals surface area contributed by atoms with Crippen molar-refractivity contribution in [2.75, 3.05) is 12.4 Å². The molecule has 0 atom stereocenters. The van der Waals surface area contributed by atoms with Gasteiger partial charge in [0, 0.05) is 16.3 Å². The van der Waals surface area contributed by atoms with E-state index in [4.69, 9.17) is 11.6 Å². The van der Waals surface area contributed by atoms with Crippen LogP contribution < -0.4 is 5.32 Å². The summed E-state index contributed by atoms with van der Waals surface area (Å²) < 4.78 is 4.67. The first-order chi connectivity index (χ1) is 13.6. The van der Waals surface area contributed by atoms with Crippen molar-refractivity contribution in [1.82, 2.24) is 0 Å². The summed E-state index contributed by atoms with van der Waals surface area (Å²) in [5, 5.41) is 3.77. The van der Waals surface area contributed by atoms with Gasteiger partial charge < -0.3 is 10.1 Å². The molecule has 28 heavy (non-hydrogen) atoms. The number of allylic oxidation sites excluding steroid dienone is 1. The van der Waals surface area contributed by atoms with Gasteiger partial charge in [0.05, 0.1) is 18.4 Å². The van der Waals surface area contributed by atoms with Gasteiger partial charge in [-0.1, -0.05) is 48.0 Å². The Morgan fingerprint density at radius 1 is 0.964 bits per heavy atom. The van der Waals surface area contributed by atoms with Crippen LogP contribution in [0, 0.1) is 0 Å². The standard InChI is InChI=1S/C23H18ClNO3/c1-28-23(27)17-10-7-16(8-11-17)9-14-22(26)20-13-12-18(24)15-21(20)25-19-5-3-2-4-6-19/h2-15,25H,1H3. The molecule has 0 bridgehead atoms. The summed E-state index contributed by atoms with van der Waals surface area (Å²) in [5.74, 6) is -0.559. The molecule has 3 aromatic rings. The summed E-state index contributed by atoms with van der Waals surface area (Å²) in [6.45, 7) is 0. The Balaban J connectivity index is 1.80. The first-order valence-electron chi connectivity index (χ1n) is 8.59. The Hall–Kier alpha value is -3.37. The number of halogens is 1. The van der Waals surface area contributed by atoms with Crippen LogP contribution in [0.2, 0.25) is 5.02 Å². The van der Waals surface area contributed by atoms with Crippen molar-refractivity contribution >= 4 is 40.8 Å². The second-order valence-electron chi connectivity index (χ2n) is 5.99. The highest BCUT2D eigenvalue weighted by atomic mass is 35.5. The van der Waals surface area contributed by atoms with Crippen molar-refractivity contribution in [3.05, 3.63) is 101 Å². The number of anilines is 2. The van der Waals surface area contributed by atoms with Gasteiger partial charge >= 0.3 is 5.97 Å². The third-order valence-electron chi connectivity index (χ3n) is 4.06. The topological polar surface area (TPSA) is 55.4 Å². The van der Waals surface area contributed by atoms with Gasteiger partial charge in [-0.2, -0.15) is 0 Å². The van der Waals surface area contributed by atoms with Crippen molar-refractivity contribution < 1.29 is 14.3 Å². The van der Waals surface area contributed by atoms with Crippen molar-refractivity contribution in [3.8, 4) is 0 Å². The fourth-order valence-electron chi connectivity index (χ4n) is 2.62. The highest BCUT2D eigenvalue weighted by Gasteiger charge is 2.10. The maximum Gasteiger partial charge on any atom is 0.337 e. The van der Waals surface area contributed by atoms with E-state index in [9.17, 15) is 9.59 Å². The van der Waals surface area contributed by atoms with E-state index in [2.05, 4.69) is 10.1 Å². The molecule has 0 saturated heterocycles. The first-order valence-corrected chi connectivity index (χ1v) is 8.97. The molecule has 0 aliphatic rings. The zero-order valence-electron chi connectivity index (χ0n) is 15.2. The summed E-state index contributed by atoms with van der Waals surface area (Å²) in [6, 6.07) is 21.5. The predicted molar refractivity (Wildman–Crippen MR) is 112 cm³/mol. The van der Waals surface area contributed by atoms with E-state index in [0.717, 1.165) is 11.3 Å². The fourth-order valence-corrected chi connectivity index (χ4v) is 2.79. The number of rotatable bonds is 6. The van der Waals surface area contributed by atoms with E-state index in [1.54, 1.807) is 48.5 Å². The molecule has 4 nitrogen and oxygen atoms in total. The summed E-state index contributed by atoms with van der Waals surface area (Å²) in [6.07, 6.45) is 3.19. The third kappa shape index (κ3) is 4.87. The first kappa shape index (κ1) is 19.4. The van der Waals surface area contributed by atoms with Gasteiger partial charge in [-0.25, -0.2) is 4.79 Å². The van der Waals surface area contributed by atoms with Gasteiger partial charge in [0.25, 0.3) is 0 Å². The van der Waals surface area contributed by atoms with Gasteiger partial charge in [0.15, 0.2) is 5.78 Å². The molecule has 0 amide bonds. The molecule has 3 rings (SSSR count). The minimum absolute atomic E-state index is 0.160. The number of methoxy groups -OCH3 is 1. The lowest BCUT2D eigenvalue weighted by atomic mass is 10.1. The smallest absolute Gasteiger partial charge is 0.337 e. The molecule has 0 saturated carbocycles. The van der Waals surface area contributed by atoms with Crippen LogP contribution in [0.15, 0.2) is 78.9 Å². The number of carbonyl (C=O) groups is 2. The lowest BCUT2D eigenvalue weighted by molar-refractivity contribution is 0.0600. The average Bonchev–Trinajstić information content (AvgIpc) is 2.72. The maximum absolute atomic E-state index is 12.7. The van der Waals surface area contributed by atoms with E-state index < -0.39 is 5.97 Å². The molecule has 0 spiro atoms. The molecular formula is C23H18ClNO3. The number of ether oxygens (including phenoxy) is 1. The molecule has 3 aromatic carbocycles. The minimum Gasteiger partial charge on any atom is -0.465 e. The highest BCUT2D eigenvalue weighted by Crippen LogP contribution is 2.25. The highest BCUT2D eigenvalue weighted by molar-refractivity contribution is 6.31. The second-order valence-corrected chi connectivity index (χ2v) is 6.43. The molecule has 140 valence electrons. The van der Waals surface area contributed by atoms with Crippen LogP contribution in [-0.4, -0.2) is 18.9 Å². The van der Waals surface area contributed by atoms with Gasteiger partial charge in [0.2, 0.25) is 0 Å². The molecule has 0 unspecified atom stereocenters. The molecule has 0 heterocycles. The van der Waals surface area contributed by atoms with Crippen LogP contribution >= 0.6 is 11.6 Å². The molecule has 1 N–H and O–H groups in total. The maximum atomic E-state index is 12.7. The number of hydrogen-bond acceptors (Lipinski definition) is 4. The molecule has 0 aliphatic heterocycles. The van der Waals surface area contributed by atoms with Gasteiger partial charge in [-0.3, -0.25) is 4.79 Å². The van der Waals surface area contributed by atoms with E-state index in [-0.39, 0.29) is 5.78 Å². The molecule has 0 aliphatic carbocycles. The zero-order valence-corrected chi connectivity index (χ0v) is 15.9. The Bertz CT molecular complexity index is 1010. The van der Waals surface area contributed by atoms with Crippen LogP contribution in [0.1, 0.15) is 26.3 Å². The van der Waals surface area contributed by atoms with E-state index >= 15 is 0 Å². The molecular weight excluding hydrogens is 374 g/mol. The van der Waals surface area contributed by atoms with Crippen molar-refractivity contribution in [3.63, 3.8) is 0 Å². The Morgan fingerprint density at radius 3 is 2.36 bits per heavy atom. The monoisotopic (exact) mass is 391 g/mol. The quantitative estimate of drug-likeness (QED) is 0.329. The summed E-state index contributed by atoms with van der Waals surface area (Å²) in [7, 11) is 1.34.